The summed E-state index contributed by atoms with van der Waals surface area (Å²) in [5.74, 6) is 0.110. The fourth-order valence-electron chi connectivity index (χ4n) is 1.75. The van der Waals surface area contributed by atoms with Crippen molar-refractivity contribution in [1.82, 2.24) is 4.90 Å². The molecule has 2 N–H and O–H groups in total. The van der Waals surface area contributed by atoms with Crippen molar-refractivity contribution in [1.29, 1.82) is 0 Å². The molecule has 104 valence electrons. The molecule has 1 rings (SSSR count). The molecular weight excluding hydrogens is 268 g/mol. The Morgan fingerprint density at radius 3 is 2.61 bits per heavy atom. The van der Waals surface area contributed by atoms with Crippen LogP contribution in [0.4, 0.5) is 0 Å². The Labute approximate surface area is 120 Å². The SMILES string of the molecule is CCc1ccsc1C(=O)N(C)CC(C)(C)CN.Cl. The van der Waals surface area contributed by atoms with Crippen molar-refractivity contribution in [2.24, 2.45) is 11.1 Å². The minimum Gasteiger partial charge on any atom is -0.340 e. The molecule has 0 bridgehead atoms. The van der Waals surface area contributed by atoms with Crippen LogP contribution in [0.1, 0.15) is 36.0 Å². The van der Waals surface area contributed by atoms with Crippen molar-refractivity contribution >= 4 is 29.7 Å². The molecule has 0 fully saturated rings. The van der Waals surface area contributed by atoms with Gasteiger partial charge in [0.05, 0.1) is 4.88 Å². The molecule has 0 aromatic carbocycles. The maximum Gasteiger partial charge on any atom is 0.263 e. The summed E-state index contributed by atoms with van der Waals surface area (Å²) in [7, 11) is 1.85. The van der Waals surface area contributed by atoms with E-state index in [1.165, 1.54) is 11.3 Å². The minimum absolute atomic E-state index is 0. The maximum absolute atomic E-state index is 12.3. The van der Waals surface area contributed by atoms with Gasteiger partial charge >= 0.3 is 0 Å². The molecular formula is C13H23ClN2OS. The summed E-state index contributed by atoms with van der Waals surface area (Å²) in [6.45, 7) is 7.49. The number of rotatable bonds is 5. The number of amides is 1. The number of thiophene rings is 1. The van der Waals surface area contributed by atoms with Crippen molar-refractivity contribution in [2.45, 2.75) is 27.2 Å². The third-order valence-corrected chi connectivity index (χ3v) is 3.83. The Bertz CT molecular complexity index is 390. The number of hydrogen-bond acceptors (Lipinski definition) is 3. The van der Waals surface area contributed by atoms with E-state index in [-0.39, 0.29) is 23.7 Å². The lowest BCUT2D eigenvalue weighted by Gasteiger charge is -2.29. The number of aryl methyl sites for hydroxylation is 1. The van der Waals surface area contributed by atoms with E-state index >= 15 is 0 Å². The Kier molecular flexibility index (Phi) is 6.89. The highest BCUT2D eigenvalue weighted by Gasteiger charge is 2.23. The molecule has 1 heterocycles. The molecule has 0 aliphatic carbocycles. The quantitative estimate of drug-likeness (QED) is 0.906. The Balaban J connectivity index is 0.00000289. The topological polar surface area (TPSA) is 46.3 Å². The summed E-state index contributed by atoms with van der Waals surface area (Å²) >= 11 is 1.52. The molecule has 0 saturated carbocycles. The number of carbonyl (C=O) groups is 1. The summed E-state index contributed by atoms with van der Waals surface area (Å²) in [6.07, 6.45) is 0.901. The van der Waals surface area contributed by atoms with Gasteiger partial charge < -0.3 is 10.6 Å². The summed E-state index contributed by atoms with van der Waals surface area (Å²) in [4.78, 5) is 14.9. The van der Waals surface area contributed by atoms with Crippen molar-refractivity contribution in [3.63, 3.8) is 0 Å². The van der Waals surface area contributed by atoms with Crippen LogP contribution in [-0.2, 0) is 6.42 Å². The number of nitrogens with two attached hydrogens (primary N) is 1. The van der Waals surface area contributed by atoms with E-state index in [0.717, 1.165) is 16.9 Å². The van der Waals surface area contributed by atoms with E-state index in [1.807, 2.05) is 18.5 Å². The molecule has 0 saturated heterocycles. The number of carbonyl (C=O) groups excluding carboxylic acids is 1. The van der Waals surface area contributed by atoms with Gasteiger partial charge in [0.1, 0.15) is 0 Å². The van der Waals surface area contributed by atoms with Crippen LogP contribution in [0, 0.1) is 5.41 Å². The average molecular weight is 291 g/mol. The predicted octanol–water partition coefficient (Wildman–Crippen LogP) is 2.79. The van der Waals surface area contributed by atoms with Gasteiger partial charge in [-0.05, 0) is 35.4 Å². The van der Waals surface area contributed by atoms with E-state index < -0.39 is 0 Å². The Morgan fingerprint density at radius 1 is 1.50 bits per heavy atom. The largest absolute Gasteiger partial charge is 0.340 e. The second-order valence-electron chi connectivity index (χ2n) is 5.16. The smallest absolute Gasteiger partial charge is 0.263 e. The van der Waals surface area contributed by atoms with Crippen LogP contribution in [0.5, 0.6) is 0 Å². The zero-order valence-electron chi connectivity index (χ0n) is 11.5. The van der Waals surface area contributed by atoms with Gasteiger partial charge in [0.25, 0.3) is 5.91 Å². The summed E-state index contributed by atoms with van der Waals surface area (Å²) in [6, 6.07) is 2.03. The second kappa shape index (κ2) is 7.12. The third-order valence-electron chi connectivity index (χ3n) is 2.89. The first-order chi connectivity index (χ1) is 7.91. The lowest BCUT2D eigenvalue weighted by Crippen LogP contribution is -2.39. The zero-order valence-corrected chi connectivity index (χ0v) is 13.2. The fourth-order valence-corrected chi connectivity index (χ4v) is 2.74. The summed E-state index contributed by atoms with van der Waals surface area (Å²) in [5.41, 5.74) is 6.80. The Morgan fingerprint density at radius 2 is 2.11 bits per heavy atom. The van der Waals surface area contributed by atoms with E-state index in [4.69, 9.17) is 5.73 Å². The van der Waals surface area contributed by atoms with Crippen LogP contribution in [0.25, 0.3) is 0 Å². The van der Waals surface area contributed by atoms with Crippen molar-refractivity contribution < 1.29 is 4.79 Å². The lowest BCUT2D eigenvalue weighted by atomic mass is 9.93. The van der Waals surface area contributed by atoms with Crippen LogP contribution in [0.3, 0.4) is 0 Å². The molecule has 18 heavy (non-hydrogen) atoms. The van der Waals surface area contributed by atoms with Crippen LogP contribution < -0.4 is 5.73 Å². The van der Waals surface area contributed by atoms with Gasteiger partial charge in [-0.3, -0.25) is 4.79 Å². The monoisotopic (exact) mass is 290 g/mol. The molecule has 1 amide bonds. The maximum atomic E-state index is 12.3. The van der Waals surface area contributed by atoms with E-state index in [9.17, 15) is 4.79 Å². The molecule has 0 aliphatic rings. The van der Waals surface area contributed by atoms with E-state index in [2.05, 4.69) is 20.8 Å². The van der Waals surface area contributed by atoms with Crippen LogP contribution in [0.2, 0.25) is 0 Å². The third kappa shape index (κ3) is 4.26. The zero-order chi connectivity index (χ0) is 13.1. The van der Waals surface area contributed by atoms with Crippen molar-refractivity contribution in [2.75, 3.05) is 20.1 Å². The van der Waals surface area contributed by atoms with Gasteiger partial charge in [0, 0.05) is 13.6 Å². The Hall–Kier alpha value is -0.580. The normalized spacial score (nSPS) is 10.9. The van der Waals surface area contributed by atoms with Gasteiger partial charge in [-0.15, -0.1) is 23.7 Å². The highest BCUT2D eigenvalue weighted by atomic mass is 35.5. The van der Waals surface area contributed by atoms with Crippen LogP contribution in [0.15, 0.2) is 11.4 Å². The first-order valence-electron chi connectivity index (χ1n) is 5.93. The van der Waals surface area contributed by atoms with Gasteiger partial charge in [-0.25, -0.2) is 0 Å². The van der Waals surface area contributed by atoms with Gasteiger partial charge in [-0.1, -0.05) is 20.8 Å². The summed E-state index contributed by atoms with van der Waals surface area (Å²) in [5, 5.41) is 1.98. The molecule has 0 radical (unpaired) electrons. The average Bonchev–Trinajstić information content (AvgIpc) is 2.75. The first kappa shape index (κ1) is 17.4. The second-order valence-corrected chi connectivity index (χ2v) is 6.07. The van der Waals surface area contributed by atoms with Gasteiger partial charge in [0.2, 0.25) is 0 Å². The number of halogens is 1. The number of hydrogen-bond donors (Lipinski definition) is 1. The van der Waals surface area contributed by atoms with Gasteiger partial charge in [0.15, 0.2) is 0 Å². The standard InChI is InChI=1S/C13H22N2OS.ClH/c1-5-10-6-7-17-11(10)12(16)15(4)9-13(2,3)8-14;/h6-7H,5,8-9,14H2,1-4H3;1H. The van der Waals surface area contributed by atoms with E-state index in [0.29, 0.717) is 13.1 Å². The van der Waals surface area contributed by atoms with Crippen molar-refractivity contribution in [3.8, 4) is 0 Å². The molecule has 0 atom stereocenters. The highest BCUT2D eigenvalue weighted by molar-refractivity contribution is 7.12. The number of nitrogens with zero attached hydrogens (tertiary/aromatic N) is 1. The van der Waals surface area contributed by atoms with Crippen LogP contribution in [-0.4, -0.2) is 30.9 Å². The first-order valence-corrected chi connectivity index (χ1v) is 6.81. The molecule has 5 heteroatoms. The fraction of sp³-hybridized carbons (Fsp3) is 0.615. The summed E-state index contributed by atoms with van der Waals surface area (Å²) < 4.78 is 0. The molecule has 0 aliphatic heterocycles. The predicted molar refractivity (Wildman–Crippen MR) is 80.7 cm³/mol. The molecule has 1 aromatic heterocycles. The molecule has 1 aromatic rings. The highest BCUT2D eigenvalue weighted by Crippen LogP contribution is 2.21. The van der Waals surface area contributed by atoms with Gasteiger partial charge in [-0.2, -0.15) is 0 Å². The minimum atomic E-state index is -0.0337. The van der Waals surface area contributed by atoms with Crippen molar-refractivity contribution in [3.05, 3.63) is 21.9 Å². The molecule has 0 unspecified atom stereocenters. The molecule has 3 nitrogen and oxygen atoms in total. The molecule has 0 spiro atoms. The lowest BCUT2D eigenvalue weighted by molar-refractivity contribution is 0.0744. The van der Waals surface area contributed by atoms with E-state index in [1.54, 1.807) is 4.90 Å². The van der Waals surface area contributed by atoms with Crippen LogP contribution >= 0.6 is 23.7 Å².